The zero-order chi connectivity index (χ0) is 11.8. The first kappa shape index (κ1) is 11.8. The van der Waals surface area contributed by atoms with Crippen molar-refractivity contribution in [2.45, 2.75) is 20.3 Å². The summed E-state index contributed by atoms with van der Waals surface area (Å²) < 4.78 is 13.2. The van der Waals surface area contributed by atoms with E-state index in [1.54, 1.807) is 12.1 Å². The molecule has 0 aromatic heterocycles. The van der Waals surface area contributed by atoms with E-state index in [4.69, 9.17) is 0 Å². The van der Waals surface area contributed by atoms with E-state index >= 15 is 0 Å². The van der Waals surface area contributed by atoms with Crippen molar-refractivity contribution in [1.82, 2.24) is 0 Å². The molecule has 0 fully saturated rings. The Kier molecular flexibility index (Phi) is 3.15. The predicted molar refractivity (Wildman–Crippen MR) is 70.0 cm³/mol. The second kappa shape index (κ2) is 4.28. The Morgan fingerprint density at radius 2 is 2.19 bits per heavy atom. The fraction of sp³-hybridized carbons (Fsp3) is 0.538. The second-order valence-corrected chi connectivity index (χ2v) is 5.58. The van der Waals surface area contributed by atoms with E-state index in [1.165, 1.54) is 5.56 Å². The number of hydrogen-bond donors (Lipinski definition) is 1. The topological polar surface area (TPSA) is 3.24 Å². The van der Waals surface area contributed by atoms with Gasteiger partial charge in [0.2, 0.25) is 0 Å². The zero-order valence-corrected chi connectivity index (χ0v) is 10.7. The molecule has 0 bridgehead atoms. The van der Waals surface area contributed by atoms with Gasteiger partial charge in [0.1, 0.15) is 5.82 Å². The van der Waals surface area contributed by atoms with Crippen LogP contribution in [0, 0.1) is 11.2 Å². The highest BCUT2D eigenvalue weighted by Crippen LogP contribution is 2.31. The minimum absolute atomic E-state index is 0.144. The monoisotopic (exact) mass is 239 g/mol. The zero-order valence-electron chi connectivity index (χ0n) is 9.83. The molecule has 1 aromatic carbocycles. The molecule has 1 aliphatic heterocycles. The predicted octanol–water partition coefficient (Wildman–Crippen LogP) is 3.14. The quantitative estimate of drug-likeness (QED) is 0.793. The lowest BCUT2D eigenvalue weighted by molar-refractivity contribution is 0.424. The number of fused-ring (bicyclic) bond motifs is 1. The van der Waals surface area contributed by atoms with Gasteiger partial charge in [-0.15, -0.1) is 0 Å². The average Bonchev–Trinajstić information content (AvgIpc) is 2.61. The molecule has 1 heterocycles. The van der Waals surface area contributed by atoms with Crippen molar-refractivity contribution >= 4 is 18.3 Å². The molecule has 88 valence electrons. The SMILES string of the molecule is CC(C)(CS)CN1CCc2ccc(F)cc21. The van der Waals surface area contributed by atoms with Gasteiger partial charge in [-0.3, -0.25) is 0 Å². The number of anilines is 1. The van der Waals surface area contributed by atoms with Crippen LogP contribution >= 0.6 is 12.6 Å². The van der Waals surface area contributed by atoms with E-state index < -0.39 is 0 Å². The van der Waals surface area contributed by atoms with Crippen molar-refractivity contribution in [1.29, 1.82) is 0 Å². The Hall–Kier alpha value is -0.700. The number of hydrogen-bond acceptors (Lipinski definition) is 2. The number of halogens is 1. The summed E-state index contributed by atoms with van der Waals surface area (Å²) in [5.74, 6) is 0.697. The van der Waals surface area contributed by atoms with Crippen LogP contribution in [0.15, 0.2) is 18.2 Å². The number of rotatable bonds is 3. The van der Waals surface area contributed by atoms with E-state index in [2.05, 4.69) is 31.4 Å². The van der Waals surface area contributed by atoms with Crippen LogP contribution in [0.5, 0.6) is 0 Å². The molecule has 0 saturated carbocycles. The van der Waals surface area contributed by atoms with E-state index in [-0.39, 0.29) is 11.2 Å². The molecule has 0 saturated heterocycles. The largest absolute Gasteiger partial charge is 0.370 e. The molecule has 0 amide bonds. The van der Waals surface area contributed by atoms with Crippen LogP contribution in [0.2, 0.25) is 0 Å². The third-order valence-corrected chi connectivity index (χ3v) is 3.94. The van der Waals surface area contributed by atoms with Crippen LogP contribution in [0.25, 0.3) is 0 Å². The summed E-state index contributed by atoms with van der Waals surface area (Å²) in [5, 5.41) is 0. The highest BCUT2D eigenvalue weighted by Gasteiger charge is 2.25. The molecule has 0 aliphatic carbocycles. The molecule has 2 rings (SSSR count). The maximum absolute atomic E-state index is 13.2. The molecular formula is C13H18FNS. The van der Waals surface area contributed by atoms with Crippen LogP contribution in [0.4, 0.5) is 10.1 Å². The molecular weight excluding hydrogens is 221 g/mol. The van der Waals surface area contributed by atoms with Crippen LogP contribution in [-0.2, 0) is 6.42 Å². The maximum atomic E-state index is 13.2. The molecule has 3 heteroatoms. The maximum Gasteiger partial charge on any atom is 0.125 e. The Morgan fingerprint density at radius 3 is 2.88 bits per heavy atom. The molecule has 0 spiro atoms. The lowest BCUT2D eigenvalue weighted by Gasteiger charge is -2.30. The van der Waals surface area contributed by atoms with Crippen molar-refractivity contribution in [3.63, 3.8) is 0 Å². The fourth-order valence-electron chi connectivity index (χ4n) is 2.15. The third-order valence-electron chi connectivity index (χ3n) is 3.09. The smallest absolute Gasteiger partial charge is 0.125 e. The van der Waals surface area contributed by atoms with Gasteiger partial charge in [-0.1, -0.05) is 19.9 Å². The van der Waals surface area contributed by atoms with E-state index in [0.717, 1.165) is 31.0 Å². The number of benzene rings is 1. The molecule has 1 nitrogen and oxygen atoms in total. The van der Waals surface area contributed by atoms with Gasteiger partial charge in [0.05, 0.1) is 0 Å². The third kappa shape index (κ3) is 2.34. The second-order valence-electron chi connectivity index (χ2n) is 5.27. The van der Waals surface area contributed by atoms with Crippen LogP contribution < -0.4 is 4.90 Å². The standard InChI is InChI=1S/C13H18FNS/c1-13(2,9-16)8-15-6-5-10-3-4-11(14)7-12(10)15/h3-4,7,16H,5-6,8-9H2,1-2H3. The van der Waals surface area contributed by atoms with Crippen LogP contribution in [0.1, 0.15) is 19.4 Å². The number of nitrogens with zero attached hydrogens (tertiary/aromatic N) is 1. The molecule has 16 heavy (non-hydrogen) atoms. The molecule has 0 N–H and O–H groups in total. The van der Waals surface area contributed by atoms with Crippen LogP contribution in [0.3, 0.4) is 0 Å². The van der Waals surface area contributed by atoms with E-state index in [1.807, 2.05) is 6.07 Å². The van der Waals surface area contributed by atoms with Gasteiger partial charge >= 0.3 is 0 Å². The first-order valence-electron chi connectivity index (χ1n) is 5.66. The van der Waals surface area contributed by atoms with Gasteiger partial charge in [0.15, 0.2) is 0 Å². The van der Waals surface area contributed by atoms with Crippen molar-refractivity contribution < 1.29 is 4.39 Å². The Bertz CT molecular complexity index is 390. The molecule has 0 atom stereocenters. The Labute approximate surface area is 102 Å². The molecule has 1 aromatic rings. The van der Waals surface area contributed by atoms with Crippen molar-refractivity contribution in [2.75, 3.05) is 23.7 Å². The Morgan fingerprint density at radius 1 is 1.44 bits per heavy atom. The summed E-state index contributed by atoms with van der Waals surface area (Å²) in [6.45, 7) is 6.32. The first-order valence-corrected chi connectivity index (χ1v) is 6.29. The van der Waals surface area contributed by atoms with Gasteiger partial charge in [-0.2, -0.15) is 12.6 Å². The van der Waals surface area contributed by atoms with Crippen molar-refractivity contribution in [2.24, 2.45) is 5.41 Å². The van der Waals surface area contributed by atoms with Crippen molar-refractivity contribution in [3.8, 4) is 0 Å². The summed E-state index contributed by atoms with van der Waals surface area (Å²) in [6.07, 6.45) is 1.03. The van der Waals surface area contributed by atoms with Gasteiger partial charge < -0.3 is 4.90 Å². The first-order chi connectivity index (χ1) is 7.52. The van der Waals surface area contributed by atoms with Gasteiger partial charge in [-0.05, 0) is 35.3 Å². The van der Waals surface area contributed by atoms with Gasteiger partial charge in [-0.25, -0.2) is 4.39 Å². The lowest BCUT2D eigenvalue weighted by Crippen LogP contribution is -2.34. The molecule has 0 radical (unpaired) electrons. The highest BCUT2D eigenvalue weighted by molar-refractivity contribution is 7.80. The minimum Gasteiger partial charge on any atom is -0.370 e. The summed E-state index contributed by atoms with van der Waals surface area (Å²) >= 11 is 4.36. The highest BCUT2D eigenvalue weighted by atomic mass is 32.1. The molecule has 1 aliphatic rings. The summed E-state index contributed by atoms with van der Waals surface area (Å²) in [5.41, 5.74) is 2.49. The normalized spacial score (nSPS) is 15.4. The number of thiol groups is 1. The fourth-order valence-corrected chi connectivity index (χ4v) is 2.25. The van der Waals surface area contributed by atoms with Gasteiger partial charge in [0.25, 0.3) is 0 Å². The van der Waals surface area contributed by atoms with E-state index in [0.29, 0.717) is 0 Å². The summed E-state index contributed by atoms with van der Waals surface area (Å²) in [7, 11) is 0. The summed E-state index contributed by atoms with van der Waals surface area (Å²) in [6, 6.07) is 5.10. The lowest BCUT2D eigenvalue weighted by atomic mass is 9.95. The average molecular weight is 239 g/mol. The summed E-state index contributed by atoms with van der Waals surface area (Å²) in [4.78, 5) is 2.27. The minimum atomic E-state index is -0.144. The van der Waals surface area contributed by atoms with Crippen LogP contribution in [-0.4, -0.2) is 18.8 Å². The van der Waals surface area contributed by atoms with Crippen molar-refractivity contribution in [3.05, 3.63) is 29.6 Å². The molecule has 0 unspecified atom stereocenters. The van der Waals surface area contributed by atoms with Gasteiger partial charge in [0, 0.05) is 18.8 Å². The van der Waals surface area contributed by atoms with E-state index in [9.17, 15) is 4.39 Å². The Balaban J connectivity index is 2.20.